The van der Waals surface area contributed by atoms with Crippen molar-refractivity contribution in [1.29, 1.82) is 0 Å². The van der Waals surface area contributed by atoms with Crippen LogP contribution in [0.25, 0.3) is 28.3 Å². The number of carbonyl (C=O) groups excluding carboxylic acids is 1. The summed E-state index contributed by atoms with van der Waals surface area (Å²) in [7, 11) is 0. The Morgan fingerprint density at radius 1 is 1.17 bits per heavy atom. The highest BCUT2D eigenvalue weighted by atomic mass is 19.4. The van der Waals surface area contributed by atoms with E-state index in [1.165, 1.54) is 12.1 Å². The number of hydrogen-bond acceptors (Lipinski definition) is 8. The summed E-state index contributed by atoms with van der Waals surface area (Å²) < 4.78 is 60.0. The molecule has 0 aliphatic rings. The summed E-state index contributed by atoms with van der Waals surface area (Å²) in [5.74, 6) is -1.05. The van der Waals surface area contributed by atoms with E-state index in [0.29, 0.717) is 6.07 Å². The van der Waals surface area contributed by atoms with Crippen molar-refractivity contribution in [2.75, 3.05) is 5.32 Å². The second-order valence-electron chi connectivity index (χ2n) is 7.31. The molecule has 35 heavy (non-hydrogen) atoms. The van der Waals surface area contributed by atoms with Crippen molar-refractivity contribution in [3.8, 4) is 11.6 Å². The van der Waals surface area contributed by atoms with E-state index < -0.39 is 35.7 Å². The van der Waals surface area contributed by atoms with Gasteiger partial charge in [-0.1, -0.05) is 5.16 Å². The smallest absolute Gasteiger partial charge is 0.332 e. The number of anilines is 1. The second-order valence-corrected chi connectivity index (χ2v) is 7.31. The van der Waals surface area contributed by atoms with Gasteiger partial charge in [0.15, 0.2) is 17.2 Å². The summed E-state index contributed by atoms with van der Waals surface area (Å²) in [4.78, 5) is 37.2. The molecular formula is C20H12F4N8O3. The van der Waals surface area contributed by atoms with E-state index in [1.807, 2.05) is 0 Å². The Labute approximate surface area is 191 Å². The predicted octanol–water partition coefficient (Wildman–Crippen LogP) is 2.59. The van der Waals surface area contributed by atoms with Crippen molar-refractivity contribution in [3.05, 3.63) is 64.2 Å². The molecule has 0 spiro atoms. The van der Waals surface area contributed by atoms with Crippen molar-refractivity contribution in [1.82, 2.24) is 34.3 Å². The van der Waals surface area contributed by atoms with Crippen LogP contribution in [0.4, 0.5) is 23.4 Å². The van der Waals surface area contributed by atoms with Gasteiger partial charge in [-0.2, -0.15) is 27.8 Å². The highest BCUT2D eigenvalue weighted by molar-refractivity contribution is 5.90. The summed E-state index contributed by atoms with van der Waals surface area (Å²) in [6.07, 6.45) is -3.87. The molecule has 1 N–H and O–H groups in total. The van der Waals surface area contributed by atoms with Crippen molar-refractivity contribution in [2.45, 2.75) is 19.6 Å². The minimum absolute atomic E-state index is 0.0354. The van der Waals surface area contributed by atoms with Crippen LogP contribution in [-0.2, 0) is 17.5 Å². The summed E-state index contributed by atoms with van der Waals surface area (Å²) in [5.41, 5.74) is -2.40. The first-order chi connectivity index (χ1) is 16.6. The highest BCUT2D eigenvalue weighted by Gasteiger charge is 2.33. The number of aryl methyl sites for hydroxylation is 1. The molecule has 0 unspecified atom stereocenters. The molecular weight excluding hydrogens is 476 g/mol. The molecule has 0 aromatic carbocycles. The molecule has 0 atom stereocenters. The lowest BCUT2D eigenvalue weighted by molar-refractivity contribution is -0.141. The number of amides is 1. The zero-order chi connectivity index (χ0) is 24.9. The quantitative estimate of drug-likeness (QED) is 0.382. The maximum absolute atomic E-state index is 13.3. The lowest BCUT2D eigenvalue weighted by atomic mass is 10.2. The molecule has 178 valence electrons. The van der Waals surface area contributed by atoms with Crippen LogP contribution in [0.1, 0.15) is 11.5 Å². The van der Waals surface area contributed by atoms with Gasteiger partial charge >= 0.3 is 6.18 Å². The van der Waals surface area contributed by atoms with Gasteiger partial charge in [0.1, 0.15) is 29.5 Å². The molecule has 0 aliphatic carbocycles. The minimum Gasteiger partial charge on any atom is -0.332 e. The number of nitrogens with one attached hydrogen (secondary N) is 1. The van der Waals surface area contributed by atoms with E-state index in [-0.39, 0.29) is 39.9 Å². The average Bonchev–Trinajstić information content (AvgIpc) is 3.44. The van der Waals surface area contributed by atoms with Crippen molar-refractivity contribution in [3.63, 3.8) is 0 Å². The lowest BCUT2D eigenvalue weighted by Gasteiger charge is -2.12. The van der Waals surface area contributed by atoms with Gasteiger partial charge in [0.25, 0.3) is 11.4 Å². The zero-order valence-corrected chi connectivity index (χ0v) is 17.5. The Morgan fingerprint density at radius 2 is 1.97 bits per heavy atom. The van der Waals surface area contributed by atoms with Crippen LogP contribution in [0.5, 0.6) is 0 Å². The first-order valence-corrected chi connectivity index (χ1v) is 9.83. The fourth-order valence-electron chi connectivity index (χ4n) is 3.34. The van der Waals surface area contributed by atoms with Gasteiger partial charge in [0.05, 0.1) is 11.6 Å². The maximum atomic E-state index is 13.3. The SMILES string of the molecule is Cc1noc(-c2cc3n(CC(=O)Nc4ccc(F)cn4)c(=O)c4ccc(C(F)(F)F)nc4n3n2)n1. The Balaban J connectivity index is 1.67. The van der Waals surface area contributed by atoms with Crippen LogP contribution in [0.3, 0.4) is 0 Å². The normalized spacial score (nSPS) is 11.9. The van der Waals surface area contributed by atoms with Gasteiger partial charge in [0, 0.05) is 6.07 Å². The number of rotatable bonds is 4. The average molecular weight is 488 g/mol. The third kappa shape index (κ3) is 4.07. The largest absolute Gasteiger partial charge is 0.433 e. The Morgan fingerprint density at radius 3 is 2.63 bits per heavy atom. The second kappa shape index (κ2) is 7.96. The van der Waals surface area contributed by atoms with Crippen LogP contribution in [0.15, 0.2) is 45.8 Å². The zero-order valence-electron chi connectivity index (χ0n) is 17.5. The van der Waals surface area contributed by atoms with E-state index in [4.69, 9.17) is 4.52 Å². The van der Waals surface area contributed by atoms with Gasteiger partial charge in [-0.25, -0.2) is 14.4 Å². The number of carbonyl (C=O) groups is 1. The molecule has 5 aromatic heterocycles. The summed E-state index contributed by atoms with van der Waals surface area (Å²) >= 11 is 0. The molecule has 5 rings (SSSR count). The minimum atomic E-state index is -4.77. The number of pyridine rings is 2. The number of fused-ring (bicyclic) bond motifs is 3. The molecule has 1 amide bonds. The molecule has 0 radical (unpaired) electrons. The van der Waals surface area contributed by atoms with Crippen molar-refractivity contribution < 1.29 is 26.9 Å². The monoisotopic (exact) mass is 488 g/mol. The maximum Gasteiger partial charge on any atom is 0.433 e. The van der Waals surface area contributed by atoms with Crippen LogP contribution in [-0.4, -0.2) is 40.2 Å². The first-order valence-electron chi connectivity index (χ1n) is 9.83. The molecule has 15 heteroatoms. The number of hydrogen-bond donors (Lipinski definition) is 1. The van der Waals surface area contributed by atoms with Crippen molar-refractivity contribution in [2.24, 2.45) is 0 Å². The lowest BCUT2D eigenvalue weighted by Crippen LogP contribution is -2.30. The standard InChI is InChI=1S/C20H12F4N8O3/c1-9-26-18(35-30-9)12-6-16-31(8-15(33)28-14-5-2-10(21)7-25-14)19(34)11-3-4-13(20(22,23)24)27-17(11)32(16)29-12/h2-7H,8H2,1H3,(H,25,28,33). The van der Waals surface area contributed by atoms with E-state index in [9.17, 15) is 27.2 Å². The number of nitrogens with zero attached hydrogens (tertiary/aromatic N) is 7. The van der Waals surface area contributed by atoms with Crippen LogP contribution in [0.2, 0.25) is 0 Å². The van der Waals surface area contributed by atoms with Gasteiger partial charge in [0.2, 0.25) is 5.91 Å². The van der Waals surface area contributed by atoms with E-state index in [2.05, 4.69) is 30.5 Å². The fraction of sp³-hybridized carbons (Fsp3) is 0.150. The van der Waals surface area contributed by atoms with E-state index >= 15 is 0 Å². The fourth-order valence-corrected chi connectivity index (χ4v) is 3.34. The summed E-state index contributed by atoms with van der Waals surface area (Å²) in [5, 5.41) is 10.0. The Bertz CT molecular complexity index is 1650. The van der Waals surface area contributed by atoms with Crippen molar-refractivity contribution >= 4 is 28.4 Å². The molecule has 0 saturated heterocycles. The van der Waals surface area contributed by atoms with Crippen LogP contribution >= 0.6 is 0 Å². The van der Waals surface area contributed by atoms with Crippen LogP contribution < -0.4 is 10.9 Å². The molecule has 0 fully saturated rings. The van der Waals surface area contributed by atoms with E-state index in [0.717, 1.165) is 27.4 Å². The molecule has 5 heterocycles. The third-order valence-electron chi connectivity index (χ3n) is 4.85. The first kappa shape index (κ1) is 22.1. The van der Waals surface area contributed by atoms with Gasteiger partial charge in [-0.15, -0.1) is 0 Å². The number of aromatic nitrogens is 7. The topological polar surface area (TPSA) is 133 Å². The molecule has 0 bridgehead atoms. The van der Waals surface area contributed by atoms with Gasteiger partial charge in [-0.05, 0) is 31.2 Å². The third-order valence-corrected chi connectivity index (χ3v) is 4.85. The van der Waals surface area contributed by atoms with Gasteiger partial charge < -0.3 is 9.84 Å². The number of alkyl halides is 3. The predicted molar refractivity (Wildman–Crippen MR) is 111 cm³/mol. The van der Waals surface area contributed by atoms with Gasteiger partial charge in [-0.3, -0.25) is 14.2 Å². The Kier molecular flexibility index (Phi) is 5.03. The van der Waals surface area contributed by atoms with Crippen LogP contribution in [0, 0.1) is 12.7 Å². The number of halogens is 4. The molecule has 0 aliphatic heterocycles. The van der Waals surface area contributed by atoms with E-state index in [1.54, 1.807) is 6.92 Å². The highest BCUT2D eigenvalue weighted by Crippen LogP contribution is 2.29. The molecule has 11 nitrogen and oxygen atoms in total. The molecule has 5 aromatic rings. The summed E-state index contributed by atoms with van der Waals surface area (Å²) in [6.45, 7) is 0.992. The Hall–Kier alpha value is -4.69. The summed E-state index contributed by atoms with van der Waals surface area (Å²) in [6, 6.07) is 5.24. The molecule has 0 saturated carbocycles.